The zero-order valence-electron chi connectivity index (χ0n) is 16.1. The summed E-state index contributed by atoms with van der Waals surface area (Å²) in [5, 5.41) is -17.7. The van der Waals surface area contributed by atoms with Crippen molar-refractivity contribution in [1.29, 1.82) is 0 Å². The first-order chi connectivity index (χ1) is 15.2. The Morgan fingerprint density at radius 2 is 0.297 bits per heavy atom. The molecule has 0 nitrogen and oxygen atoms in total. The van der Waals surface area contributed by atoms with E-state index < -0.39 is 68.6 Å². The third kappa shape index (κ3) is 19.3. The van der Waals surface area contributed by atoms with Crippen LogP contribution in [0.25, 0.3) is 0 Å². The van der Waals surface area contributed by atoms with E-state index in [1.807, 2.05) is 0 Å². The van der Waals surface area contributed by atoms with Gasteiger partial charge in [0.05, 0.1) is 0 Å². The Bertz CT molecular complexity index is 484. The molecule has 0 bridgehead atoms. The molecule has 0 aromatic rings. The van der Waals surface area contributed by atoms with Gasteiger partial charge in [-0.1, -0.05) is 31.5 Å². The third-order valence-electron chi connectivity index (χ3n) is 2.76. The van der Waals surface area contributed by atoms with Gasteiger partial charge in [-0.3, -0.25) is 0 Å². The Hall–Kier alpha value is 1.53. The van der Waals surface area contributed by atoms with Crippen LogP contribution < -0.4 is 0 Å². The molecule has 0 spiro atoms. The standard InChI is InChI=1S/3C4H4F6S2.Mo/c3*5-3(6,7)1(11)2(12)4(8,9)10;/h3*1-2,11-12H;/p-6. The van der Waals surface area contributed by atoms with Gasteiger partial charge < -0.3 is 75.8 Å². The van der Waals surface area contributed by atoms with Crippen LogP contribution >= 0.6 is 0 Å². The molecule has 228 valence electrons. The Kier molecular flexibility index (Phi) is 20.0. The van der Waals surface area contributed by atoms with Crippen LogP contribution in [0, 0.1) is 0 Å². The van der Waals surface area contributed by atoms with E-state index in [9.17, 15) is 79.0 Å². The van der Waals surface area contributed by atoms with Crippen LogP contribution in [0.1, 0.15) is 0 Å². The van der Waals surface area contributed by atoms with E-state index in [1.165, 1.54) is 0 Å². The summed E-state index contributed by atoms with van der Waals surface area (Å²) in [5.74, 6) is 0. The van der Waals surface area contributed by atoms with Crippen LogP contribution in [0.15, 0.2) is 0 Å². The zero-order chi connectivity index (χ0) is 30.5. The van der Waals surface area contributed by atoms with Gasteiger partial charge in [0.15, 0.2) is 0 Å². The van der Waals surface area contributed by atoms with Crippen molar-refractivity contribution in [3.8, 4) is 0 Å². The second kappa shape index (κ2) is 16.2. The van der Waals surface area contributed by atoms with E-state index in [-0.39, 0.29) is 21.1 Å². The van der Waals surface area contributed by atoms with Crippen molar-refractivity contribution in [3.05, 3.63) is 0 Å². The average Bonchev–Trinajstić information content (AvgIpc) is 2.60. The molecule has 6 atom stereocenters. The summed E-state index contributed by atoms with van der Waals surface area (Å²) in [6.07, 6.45) is -30.4. The van der Waals surface area contributed by atoms with Gasteiger partial charge in [0, 0.05) is 21.1 Å². The van der Waals surface area contributed by atoms with E-state index in [2.05, 4.69) is 75.8 Å². The quantitative estimate of drug-likeness (QED) is 0.200. The van der Waals surface area contributed by atoms with Crippen molar-refractivity contribution in [2.24, 2.45) is 0 Å². The molecule has 0 fully saturated rings. The number of alkyl halides is 18. The first kappa shape index (κ1) is 45.5. The van der Waals surface area contributed by atoms with Crippen molar-refractivity contribution in [2.75, 3.05) is 0 Å². The largest absolute Gasteiger partial charge is 0.782 e. The van der Waals surface area contributed by atoms with Crippen LogP contribution in [-0.2, 0) is 96.8 Å². The minimum absolute atomic E-state index is 0. The molecule has 37 heavy (non-hydrogen) atoms. The number of halogens is 18. The van der Waals surface area contributed by atoms with Crippen LogP contribution in [0.5, 0.6) is 0 Å². The van der Waals surface area contributed by atoms with E-state index in [0.29, 0.717) is 0 Å². The molecule has 25 heteroatoms. The molecular formula is C12H6F18MoS6-6. The monoisotopic (exact) mass is 782 g/mol. The molecule has 6 unspecified atom stereocenters. The van der Waals surface area contributed by atoms with Gasteiger partial charge in [-0.25, -0.2) is 0 Å². The molecule has 0 heterocycles. The second-order valence-corrected chi connectivity index (χ2v) is 8.82. The van der Waals surface area contributed by atoms with E-state index in [4.69, 9.17) is 0 Å². The molecule has 0 aliphatic carbocycles. The van der Waals surface area contributed by atoms with Crippen molar-refractivity contribution in [2.45, 2.75) is 68.6 Å². The minimum atomic E-state index is -5.07. The topological polar surface area (TPSA) is 0 Å². The number of rotatable bonds is 3. The first-order valence-corrected chi connectivity index (χ1v) is 10.4. The van der Waals surface area contributed by atoms with Crippen molar-refractivity contribution in [1.82, 2.24) is 0 Å². The van der Waals surface area contributed by atoms with Gasteiger partial charge in [0.2, 0.25) is 0 Å². The summed E-state index contributed by atoms with van der Waals surface area (Å²) < 4.78 is 208. The Morgan fingerprint density at radius 1 is 0.243 bits per heavy atom. The van der Waals surface area contributed by atoms with Crippen molar-refractivity contribution < 1.29 is 100 Å². The summed E-state index contributed by atoms with van der Waals surface area (Å²) in [6, 6.07) is 0. The van der Waals surface area contributed by atoms with Crippen LogP contribution in [0.2, 0.25) is 0 Å². The van der Waals surface area contributed by atoms with Crippen LogP contribution in [0.3, 0.4) is 0 Å². The maximum atomic E-state index is 11.6. The predicted octanol–water partition coefficient (Wildman–Crippen LogP) is 5.82. The molecule has 0 aliphatic rings. The minimum Gasteiger partial charge on any atom is -0.782 e. The maximum Gasteiger partial charge on any atom is 0.369 e. The molecule has 0 rings (SSSR count). The maximum absolute atomic E-state index is 11.6. The van der Waals surface area contributed by atoms with Gasteiger partial charge in [-0.15, -0.1) is 0 Å². The van der Waals surface area contributed by atoms with E-state index >= 15 is 0 Å². The van der Waals surface area contributed by atoms with Crippen molar-refractivity contribution >= 4 is 75.8 Å². The summed E-state index contributed by atoms with van der Waals surface area (Å²) in [5.41, 5.74) is 0. The Balaban J connectivity index is -0.000000218. The molecule has 0 aliphatic heterocycles. The zero-order valence-corrected chi connectivity index (χ0v) is 23.0. The molecule has 0 amide bonds. The van der Waals surface area contributed by atoms with E-state index in [0.717, 1.165) is 0 Å². The van der Waals surface area contributed by atoms with Gasteiger partial charge in [0.1, 0.15) is 0 Å². The summed E-state index contributed by atoms with van der Waals surface area (Å²) >= 11 is 21.6. The fraction of sp³-hybridized carbons (Fsp3) is 1.00. The Morgan fingerprint density at radius 3 is 0.324 bits per heavy atom. The Labute approximate surface area is 243 Å². The fourth-order valence-corrected chi connectivity index (χ4v) is 1.96. The summed E-state index contributed by atoms with van der Waals surface area (Å²) in [4.78, 5) is 0. The normalized spacial score (nSPS) is 18.5. The van der Waals surface area contributed by atoms with E-state index in [1.54, 1.807) is 0 Å². The first-order valence-electron chi connectivity index (χ1n) is 7.55. The second-order valence-electron chi connectivity index (χ2n) is 5.77. The van der Waals surface area contributed by atoms with Gasteiger partial charge in [-0.05, 0) is 0 Å². The van der Waals surface area contributed by atoms with Crippen LogP contribution in [0.4, 0.5) is 79.0 Å². The molecule has 0 aromatic carbocycles. The molecule has 0 saturated carbocycles. The SMILES string of the molecule is FC(F)(F)C([S-])C([S-])C(F)(F)F.FC(F)(F)C([S-])C([S-])C(F)(F)F.FC(F)(F)C([S-])C([S-])C(F)(F)F.[Mo]. The predicted molar refractivity (Wildman–Crippen MR) is 103 cm³/mol. The van der Waals surface area contributed by atoms with Crippen molar-refractivity contribution in [3.63, 3.8) is 0 Å². The summed E-state index contributed by atoms with van der Waals surface area (Å²) in [7, 11) is 0. The summed E-state index contributed by atoms with van der Waals surface area (Å²) in [6.45, 7) is 0. The van der Waals surface area contributed by atoms with Crippen LogP contribution in [-0.4, -0.2) is 68.6 Å². The molecular weight excluding hydrogens is 774 g/mol. The van der Waals surface area contributed by atoms with Gasteiger partial charge in [-0.2, -0.15) is 79.0 Å². The smallest absolute Gasteiger partial charge is 0.369 e. The molecule has 0 N–H and O–H groups in total. The third-order valence-corrected chi connectivity index (χ3v) is 6.51. The average molecular weight is 780 g/mol. The fourth-order valence-electron chi connectivity index (χ4n) is 1.03. The number of hydrogen-bond acceptors (Lipinski definition) is 6. The number of hydrogen-bond donors (Lipinski definition) is 0. The molecule has 0 radical (unpaired) electrons. The van der Waals surface area contributed by atoms with Gasteiger partial charge >= 0.3 is 37.1 Å². The molecule has 0 saturated heterocycles. The molecule has 0 aromatic heterocycles. The van der Waals surface area contributed by atoms with Gasteiger partial charge in [0.25, 0.3) is 0 Å².